The number of carbonyl (C=O) groups is 1. The maximum absolute atomic E-state index is 10.8. The van der Waals surface area contributed by atoms with Crippen molar-refractivity contribution in [2.24, 2.45) is 0 Å². The van der Waals surface area contributed by atoms with E-state index in [9.17, 15) is 4.79 Å². The number of hydrogen-bond acceptors (Lipinski definition) is 5. The summed E-state index contributed by atoms with van der Waals surface area (Å²) in [6.45, 7) is 9.51. The Labute approximate surface area is 113 Å². The molecule has 0 aliphatic heterocycles. The summed E-state index contributed by atoms with van der Waals surface area (Å²) in [6, 6.07) is 2.06. The van der Waals surface area contributed by atoms with Gasteiger partial charge in [0.1, 0.15) is 17.5 Å². The number of carboxylic acid groups (broad SMARTS) is 1. The summed E-state index contributed by atoms with van der Waals surface area (Å²) in [4.78, 5) is 19.4. The van der Waals surface area contributed by atoms with Crippen LogP contribution in [0.25, 0.3) is 0 Å². The van der Waals surface area contributed by atoms with Crippen LogP contribution in [0.5, 0.6) is 0 Å². The lowest BCUT2D eigenvalue weighted by molar-refractivity contribution is -0.137. The second-order valence-corrected chi connectivity index (χ2v) is 5.56. The first-order chi connectivity index (χ1) is 8.68. The van der Waals surface area contributed by atoms with E-state index in [4.69, 9.17) is 5.11 Å². The number of aliphatic carboxylic acids is 1. The van der Waals surface area contributed by atoms with Crippen LogP contribution in [-0.2, 0) is 4.79 Å². The summed E-state index contributed by atoms with van der Waals surface area (Å²) in [5.74, 6) is 1.15. The van der Waals surface area contributed by atoms with E-state index in [2.05, 4.69) is 20.6 Å². The number of anilines is 2. The summed E-state index contributed by atoms with van der Waals surface area (Å²) in [7, 11) is 0. The van der Waals surface area contributed by atoms with Gasteiger partial charge >= 0.3 is 5.97 Å². The molecule has 0 atom stereocenters. The fraction of sp³-hybridized carbons (Fsp3) is 0.615. The molecule has 0 aliphatic rings. The molecule has 0 amide bonds. The van der Waals surface area contributed by atoms with Gasteiger partial charge in [-0.1, -0.05) is 0 Å². The molecular weight excluding hydrogens is 244 g/mol. The molecular formula is C13H22N4O2. The Morgan fingerprint density at radius 2 is 1.95 bits per heavy atom. The van der Waals surface area contributed by atoms with Crippen molar-refractivity contribution in [3.05, 3.63) is 11.9 Å². The molecule has 0 fully saturated rings. The van der Waals surface area contributed by atoms with Gasteiger partial charge in [-0.3, -0.25) is 4.79 Å². The van der Waals surface area contributed by atoms with Crippen molar-refractivity contribution in [1.29, 1.82) is 0 Å². The lowest BCUT2D eigenvalue weighted by Crippen LogP contribution is -2.34. The van der Waals surface area contributed by atoms with Gasteiger partial charge in [-0.2, -0.15) is 0 Å². The molecule has 0 aromatic carbocycles. The zero-order chi connectivity index (χ0) is 14.6. The topological polar surface area (TPSA) is 87.1 Å². The first-order valence-corrected chi connectivity index (χ1v) is 6.30. The molecule has 1 heterocycles. The van der Waals surface area contributed by atoms with Crippen LogP contribution in [0.15, 0.2) is 6.07 Å². The molecule has 1 aromatic rings. The fourth-order valence-corrected chi connectivity index (χ4v) is 1.77. The number of hydrogen-bond donors (Lipinski definition) is 3. The Balaban J connectivity index is 2.88. The van der Waals surface area contributed by atoms with Gasteiger partial charge in [0.15, 0.2) is 0 Å². The molecule has 0 saturated heterocycles. The molecule has 0 radical (unpaired) electrons. The van der Waals surface area contributed by atoms with Crippen LogP contribution in [0.1, 0.15) is 39.9 Å². The Morgan fingerprint density at radius 1 is 1.37 bits per heavy atom. The Hall–Kier alpha value is -1.85. The van der Waals surface area contributed by atoms with Gasteiger partial charge in [-0.05, 0) is 34.6 Å². The number of aryl methyl sites for hydroxylation is 1. The third kappa shape index (κ3) is 5.54. The zero-order valence-electron chi connectivity index (χ0n) is 12.1. The normalized spacial score (nSPS) is 11.5. The van der Waals surface area contributed by atoms with Gasteiger partial charge < -0.3 is 15.7 Å². The number of aromatic nitrogens is 2. The van der Waals surface area contributed by atoms with Gasteiger partial charge in [-0.25, -0.2) is 9.97 Å². The van der Waals surface area contributed by atoms with Crippen LogP contribution < -0.4 is 10.6 Å². The molecule has 1 aromatic heterocycles. The number of nitrogens with zero attached hydrogens (tertiary/aromatic N) is 2. The summed E-state index contributed by atoms with van der Waals surface area (Å²) in [5, 5.41) is 15.2. The van der Waals surface area contributed by atoms with Crippen molar-refractivity contribution in [3.63, 3.8) is 0 Å². The highest BCUT2D eigenvalue weighted by Crippen LogP contribution is 2.19. The minimum absolute atomic E-state index is 0.0169. The van der Waals surface area contributed by atoms with Crippen molar-refractivity contribution < 1.29 is 9.90 Å². The number of rotatable bonds is 6. The highest BCUT2D eigenvalue weighted by atomic mass is 16.4. The third-order valence-corrected chi connectivity index (χ3v) is 2.33. The summed E-state index contributed by atoms with van der Waals surface area (Å²) in [6.07, 6.45) is 0.0169. The van der Waals surface area contributed by atoms with Crippen LogP contribution in [0.2, 0.25) is 0 Å². The highest BCUT2D eigenvalue weighted by Gasteiger charge is 2.22. The van der Waals surface area contributed by atoms with E-state index in [0.29, 0.717) is 11.6 Å². The molecule has 0 spiro atoms. The van der Waals surface area contributed by atoms with E-state index in [1.807, 2.05) is 27.7 Å². The fourth-order valence-electron chi connectivity index (χ4n) is 1.77. The van der Waals surface area contributed by atoms with E-state index in [1.54, 1.807) is 13.0 Å². The monoisotopic (exact) mass is 266 g/mol. The van der Waals surface area contributed by atoms with Gasteiger partial charge in [0.25, 0.3) is 0 Å². The maximum atomic E-state index is 10.8. The second kappa shape index (κ2) is 5.86. The van der Waals surface area contributed by atoms with Crippen molar-refractivity contribution in [2.45, 2.75) is 52.6 Å². The summed E-state index contributed by atoms with van der Waals surface area (Å²) >= 11 is 0. The molecule has 0 unspecified atom stereocenters. The number of nitrogens with one attached hydrogen (secondary N) is 2. The van der Waals surface area contributed by atoms with Gasteiger partial charge in [0.05, 0.1) is 6.42 Å². The zero-order valence-corrected chi connectivity index (χ0v) is 12.1. The van der Waals surface area contributed by atoms with Crippen molar-refractivity contribution in [1.82, 2.24) is 9.97 Å². The standard InChI is InChI=1S/C13H22N4O2/c1-8(2)14-10-6-11(16-9(3)15-10)17-13(4,5)7-12(18)19/h6,8H,7H2,1-5H3,(H,18,19)(H2,14,15,16,17). The molecule has 0 bridgehead atoms. The average Bonchev–Trinajstić information content (AvgIpc) is 2.10. The van der Waals surface area contributed by atoms with E-state index in [1.165, 1.54) is 0 Å². The first kappa shape index (κ1) is 15.2. The Bertz CT molecular complexity index is 458. The Morgan fingerprint density at radius 3 is 2.47 bits per heavy atom. The van der Waals surface area contributed by atoms with E-state index >= 15 is 0 Å². The maximum Gasteiger partial charge on any atom is 0.305 e. The van der Waals surface area contributed by atoms with Crippen molar-refractivity contribution >= 4 is 17.6 Å². The van der Waals surface area contributed by atoms with Crippen LogP contribution in [0.3, 0.4) is 0 Å². The van der Waals surface area contributed by atoms with Gasteiger partial charge in [0, 0.05) is 17.6 Å². The van der Waals surface area contributed by atoms with Crippen molar-refractivity contribution in [3.8, 4) is 0 Å². The molecule has 0 saturated carbocycles. The van der Waals surface area contributed by atoms with Crippen LogP contribution >= 0.6 is 0 Å². The Kier molecular flexibility index (Phi) is 4.69. The largest absolute Gasteiger partial charge is 0.481 e. The third-order valence-electron chi connectivity index (χ3n) is 2.33. The van der Waals surface area contributed by atoms with Crippen LogP contribution in [-0.4, -0.2) is 32.6 Å². The van der Waals surface area contributed by atoms with E-state index in [-0.39, 0.29) is 12.5 Å². The molecule has 1 rings (SSSR count). The van der Waals surface area contributed by atoms with Crippen molar-refractivity contribution in [2.75, 3.05) is 10.6 Å². The molecule has 3 N–H and O–H groups in total. The minimum Gasteiger partial charge on any atom is -0.481 e. The molecule has 6 heteroatoms. The smallest absolute Gasteiger partial charge is 0.305 e. The SMILES string of the molecule is Cc1nc(NC(C)C)cc(NC(C)(C)CC(=O)O)n1. The minimum atomic E-state index is -0.844. The highest BCUT2D eigenvalue weighted by molar-refractivity contribution is 5.69. The average molecular weight is 266 g/mol. The lowest BCUT2D eigenvalue weighted by Gasteiger charge is -2.25. The van der Waals surface area contributed by atoms with Crippen LogP contribution in [0.4, 0.5) is 11.6 Å². The number of carboxylic acids is 1. The van der Waals surface area contributed by atoms with Crippen LogP contribution in [0, 0.1) is 6.92 Å². The first-order valence-electron chi connectivity index (χ1n) is 6.30. The quantitative estimate of drug-likeness (QED) is 0.732. The second-order valence-electron chi connectivity index (χ2n) is 5.56. The van der Waals surface area contributed by atoms with E-state index < -0.39 is 11.5 Å². The molecule has 19 heavy (non-hydrogen) atoms. The van der Waals surface area contributed by atoms with Gasteiger partial charge in [0.2, 0.25) is 0 Å². The summed E-state index contributed by atoms with van der Waals surface area (Å²) in [5.41, 5.74) is -0.568. The summed E-state index contributed by atoms with van der Waals surface area (Å²) < 4.78 is 0. The predicted molar refractivity (Wildman–Crippen MR) is 75.5 cm³/mol. The predicted octanol–water partition coefficient (Wildman–Crippen LogP) is 2.27. The molecule has 0 aliphatic carbocycles. The molecule has 106 valence electrons. The van der Waals surface area contributed by atoms with E-state index in [0.717, 1.165) is 5.82 Å². The lowest BCUT2D eigenvalue weighted by atomic mass is 10.0. The molecule has 6 nitrogen and oxygen atoms in total. The van der Waals surface area contributed by atoms with Gasteiger partial charge in [-0.15, -0.1) is 0 Å².